The second-order valence-electron chi connectivity index (χ2n) is 6.42. The SMILES string of the molecule is Cc1cc(Br)cc(C)c1NC(=O)CSc1nnc(-c2cccc([N+](=O)[O-])c2)n1C. The van der Waals surface area contributed by atoms with Gasteiger partial charge in [0.15, 0.2) is 11.0 Å². The van der Waals surface area contributed by atoms with Gasteiger partial charge in [-0.25, -0.2) is 0 Å². The number of aromatic nitrogens is 3. The van der Waals surface area contributed by atoms with Crippen LogP contribution in [-0.2, 0) is 11.8 Å². The number of carbonyl (C=O) groups is 1. The minimum absolute atomic E-state index is 0.0145. The van der Waals surface area contributed by atoms with E-state index < -0.39 is 4.92 Å². The summed E-state index contributed by atoms with van der Waals surface area (Å²) in [6, 6.07) is 10.1. The zero-order valence-electron chi connectivity index (χ0n) is 16.0. The van der Waals surface area contributed by atoms with E-state index in [4.69, 9.17) is 0 Å². The first-order valence-electron chi connectivity index (χ1n) is 8.60. The van der Waals surface area contributed by atoms with Crippen molar-refractivity contribution >= 4 is 45.0 Å². The molecule has 0 fully saturated rings. The van der Waals surface area contributed by atoms with Gasteiger partial charge >= 0.3 is 0 Å². The predicted molar refractivity (Wildman–Crippen MR) is 116 cm³/mol. The third-order valence-electron chi connectivity index (χ3n) is 4.24. The maximum Gasteiger partial charge on any atom is 0.270 e. The summed E-state index contributed by atoms with van der Waals surface area (Å²) in [6.07, 6.45) is 0. The first-order valence-corrected chi connectivity index (χ1v) is 10.4. The fraction of sp³-hybridized carbons (Fsp3) is 0.211. The highest BCUT2D eigenvalue weighted by Crippen LogP contribution is 2.27. The number of amides is 1. The number of rotatable bonds is 6. The van der Waals surface area contributed by atoms with Gasteiger partial charge in [-0.15, -0.1) is 10.2 Å². The summed E-state index contributed by atoms with van der Waals surface area (Å²) in [5, 5.41) is 22.7. The van der Waals surface area contributed by atoms with Gasteiger partial charge in [0.05, 0.1) is 10.7 Å². The van der Waals surface area contributed by atoms with E-state index in [1.807, 2.05) is 26.0 Å². The normalized spacial score (nSPS) is 10.8. The van der Waals surface area contributed by atoms with Gasteiger partial charge in [0.1, 0.15) is 0 Å². The lowest BCUT2D eigenvalue weighted by atomic mass is 10.1. The van der Waals surface area contributed by atoms with E-state index in [2.05, 4.69) is 31.4 Å². The van der Waals surface area contributed by atoms with Crippen LogP contribution in [0.3, 0.4) is 0 Å². The van der Waals surface area contributed by atoms with Crippen LogP contribution in [0.1, 0.15) is 11.1 Å². The van der Waals surface area contributed by atoms with Gasteiger partial charge in [-0.1, -0.05) is 39.8 Å². The van der Waals surface area contributed by atoms with Crippen molar-refractivity contribution in [2.75, 3.05) is 11.1 Å². The molecule has 1 N–H and O–H groups in total. The van der Waals surface area contributed by atoms with Crippen LogP contribution < -0.4 is 5.32 Å². The average Bonchev–Trinajstić information content (AvgIpc) is 3.03. The van der Waals surface area contributed by atoms with Gasteiger partial charge in [-0.05, 0) is 37.1 Å². The third kappa shape index (κ3) is 4.83. The molecule has 0 bridgehead atoms. The number of benzene rings is 2. The van der Waals surface area contributed by atoms with E-state index in [1.54, 1.807) is 23.7 Å². The summed E-state index contributed by atoms with van der Waals surface area (Å²) in [5.41, 5.74) is 3.32. The van der Waals surface area contributed by atoms with E-state index >= 15 is 0 Å². The molecule has 0 aliphatic rings. The van der Waals surface area contributed by atoms with E-state index in [9.17, 15) is 14.9 Å². The van der Waals surface area contributed by atoms with Crippen LogP contribution >= 0.6 is 27.7 Å². The highest BCUT2D eigenvalue weighted by Gasteiger charge is 2.16. The van der Waals surface area contributed by atoms with Crippen LogP contribution in [0.15, 0.2) is 46.0 Å². The molecule has 2 aromatic carbocycles. The highest BCUT2D eigenvalue weighted by molar-refractivity contribution is 9.10. The van der Waals surface area contributed by atoms with Gasteiger partial charge in [0.2, 0.25) is 5.91 Å². The molecule has 0 saturated heterocycles. The fourth-order valence-corrected chi connectivity index (χ4v) is 4.26. The summed E-state index contributed by atoms with van der Waals surface area (Å²) in [7, 11) is 1.76. The lowest BCUT2D eigenvalue weighted by molar-refractivity contribution is -0.384. The number of hydrogen-bond donors (Lipinski definition) is 1. The lowest BCUT2D eigenvalue weighted by Crippen LogP contribution is -2.16. The first-order chi connectivity index (χ1) is 13.8. The Bertz CT molecular complexity index is 1080. The van der Waals surface area contributed by atoms with Gasteiger partial charge in [0.25, 0.3) is 5.69 Å². The number of halogens is 1. The number of hydrogen-bond acceptors (Lipinski definition) is 6. The number of nitrogens with zero attached hydrogens (tertiary/aromatic N) is 4. The average molecular weight is 476 g/mol. The molecule has 0 unspecified atom stereocenters. The Morgan fingerprint density at radius 1 is 1.24 bits per heavy atom. The van der Waals surface area contributed by atoms with Crippen LogP contribution in [0.25, 0.3) is 11.4 Å². The Labute approximate surface area is 180 Å². The molecule has 8 nitrogen and oxygen atoms in total. The summed E-state index contributed by atoms with van der Waals surface area (Å²) in [6.45, 7) is 3.88. The maximum atomic E-state index is 12.4. The largest absolute Gasteiger partial charge is 0.325 e. The van der Waals surface area contributed by atoms with E-state index in [0.717, 1.165) is 21.3 Å². The van der Waals surface area contributed by atoms with Gasteiger partial charge < -0.3 is 9.88 Å². The smallest absolute Gasteiger partial charge is 0.270 e. The van der Waals surface area contributed by atoms with Gasteiger partial charge in [0, 0.05) is 34.9 Å². The predicted octanol–water partition coefficient (Wildman–Crippen LogP) is 4.50. The van der Waals surface area contributed by atoms with Crippen LogP contribution in [0, 0.1) is 24.0 Å². The molecule has 1 heterocycles. The van der Waals surface area contributed by atoms with Crippen molar-refractivity contribution in [1.29, 1.82) is 0 Å². The molecule has 3 aromatic rings. The van der Waals surface area contributed by atoms with Crippen LogP contribution in [0.2, 0.25) is 0 Å². The van der Waals surface area contributed by atoms with Crippen LogP contribution in [0.4, 0.5) is 11.4 Å². The molecule has 150 valence electrons. The summed E-state index contributed by atoms with van der Waals surface area (Å²) in [5.74, 6) is 0.509. The molecular formula is C19H18BrN5O3S. The molecule has 1 amide bonds. The third-order valence-corrected chi connectivity index (χ3v) is 5.72. The molecule has 0 aliphatic heterocycles. The number of nitro groups is 1. The monoisotopic (exact) mass is 475 g/mol. The molecule has 29 heavy (non-hydrogen) atoms. The Morgan fingerprint density at radius 2 is 1.93 bits per heavy atom. The van der Waals surface area contributed by atoms with Crippen LogP contribution in [0.5, 0.6) is 0 Å². The molecule has 0 spiro atoms. The van der Waals surface area contributed by atoms with E-state index in [-0.39, 0.29) is 17.3 Å². The molecule has 1 aromatic heterocycles. The number of anilines is 1. The second-order valence-corrected chi connectivity index (χ2v) is 8.28. The zero-order chi connectivity index (χ0) is 21.1. The summed E-state index contributed by atoms with van der Waals surface area (Å²) < 4.78 is 2.68. The molecule has 0 atom stereocenters. The number of non-ortho nitro benzene ring substituents is 1. The molecule has 0 saturated carbocycles. The number of thioether (sulfide) groups is 1. The fourth-order valence-electron chi connectivity index (χ4n) is 2.86. The standard InChI is InChI=1S/C19H18BrN5O3S/c1-11-7-14(20)8-12(2)17(11)21-16(26)10-29-19-23-22-18(24(19)3)13-5-4-6-15(9-13)25(27)28/h4-9H,10H2,1-3H3,(H,21,26). The molecule has 3 rings (SSSR count). The van der Waals surface area contributed by atoms with Crippen LogP contribution in [-0.4, -0.2) is 31.3 Å². The maximum absolute atomic E-state index is 12.4. The van der Waals surface area contributed by atoms with Crippen molar-refractivity contribution < 1.29 is 9.72 Å². The Kier molecular flexibility index (Phi) is 6.33. The van der Waals surface area contributed by atoms with Crippen molar-refractivity contribution in [3.8, 4) is 11.4 Å². The summed E-state index contributed by atoms with van der Waals surface area (Å²) >= 11 is 4.69. The number of nitrogens with one attached hydrogen (secondary N) is 1. The highest BCUT2D eigenvalue weighted by atomic mass is 79.9. The van der Waals surface area contributed by atoms with Crippen molar-refractivity contribution in [3.63, 3.8) is 0 Å². The molecule has 0 aliphatic carbocycles. The molecular weight excluding hydrogens is 458 g/mol. The van der Waals surface area contributed by atoms with Crippen molar-refractivity contribution in [1.82, 2.24) is 14.8 Å². The Morgan fingerprint density at radius 3 is 2.59 bits per heavy atom. The topological polar surface area (TPSA) is 103 Å². The first kappa shape index (κ1) is 21.0. The lowest BCUT2D eigenvalue weighted by Gasteiger charge is -2.12. The number of nitro benzene ring substituents is 1. The number of aryl methyl sites for hydroxylation is 2. The molecule has 0 radical (unpaired) electrons. The van der Waals surface area contributed by atoms with E-state index in [0.29, 0.717) is 16.5 Å². The van der Waals surface area contributed by atoms with Gasteiger partial charge in [-0.3, -0.25) is 14.9 Å². The minimum atomic E-state index is -0.452. The Balaban J connectivity index is 1.70. The van der Waals surface area contributed by atoms with Crippen molar-refractivity contribution in [2.24, 2.45) is 7.05 Å². The Hall–Kier alpha value is -2.72. The summed E-state index contributed by atoms with van der Waals surface area (Å²) in [4.78, 5) is 22.9. The molecule has 10 heteroatoms. The van der Waals surface area contributed by atoms with Crippen molar-refractivity contribution in [3.05, 3.63) is 62.1 Å². The number of carbonyl (C=O) groups excluding carboxylic acids is 1. The van der Waals surface area contributed by atoms with Gasteiger partial charge in [-0.2, -0.15) is 0 Å². The second kappa shape index (κ2) is 8.75. The minimum Gasteiger partial charge on any atom is -0.325 e. The zero-order valence-corrected chi connectivity index (χ0v) is 18.4. The van der Waals surface area contributed by atoms with Crippen molar-refractivity contribution in [2.45, 2.75) is 19.0 Å². The quantitative estimate of drug-likeness (QED) is 0.319. The van der Waals surface area contributed by atoms with E-state index in [1.165, 1.54) is 23.9 Å².